The van der Waals surface area contributed by atoms with Gasteiger partial charge in [0.05, 0.1) is 23.9 Å². The molecule has 1 aliphatic heterocycles. The van der Waals surface area contributed by atoms with Crippen molar-refractivity contribution in [3.05, 3.63) is 102 Å². The maximum atomic E-state index is 13.7. The Morgan fingerprint density at radius 3 is 2.12 bits per heavy atom. The van der Waals surface area contributed by atoms with Crippen LogP contribution in [0.25, 0.3) is 16.9 Å². The lowest BCUT2D eigenvalue weighted by Crippen LogP contribution is -2.51. The molecule has 0 aliphatic carbocycles. The molecule has 3 amide bonds. The molecular weight excluding hydrogens is 533 g/mol. The van der Waals surface area contributed by atoms with E-state index in [1.54, 1.807) is 12.0 Å². The molecular formula is C31H29F3N4O3. The zero-order chi connectivity index (χ0) is 29.1. The van der Waals surface area contributed by atoms with E-state index in [1.165, 1.54) is 17.0 Å². The molecule has 0 radical (unpaired) electrons. The Bertz CT molecular complexity index is 1540. The van der Waals surface area contributed by atoms with Gasteiger partial charge in [-0.3, -0.25) is 4.79 Å². The number of rotatable bonds is 5. The van der Waals surface area contributed by atoms with Gasteiger partial charge in [-0.2, -0.15) is 13.2 Å². The highest BCUT2D eigenvalue weighted by Crippen LogP contribution is 2.32. The minimum atomic E-state index is -4.50. The van der Waals surface area contributed by atoms with Crippen molar-refractivity contribution in [2.75, 3.05) is 38.6 Å². The van der Waals surface area contributed by atoms with Crippen LogP contribution in [-0.4, -0.2) is 59.6 Å². The van der Waals surface area contributed by atoms with Crippen molar-refractivity contribution in [2.45, 2.75) is 13.1 Å². The number of nitrogens with one attached hydrogen (secondary N) is 1. The van der Waals surface area contributed by atoms with E-state index in [2.05, 4.69) is 5.32 Å². The van der Waals surface area contributed by atoms with E-state index in [0.29, 0.717) is 18.7 Å². The molecule has 0 saturated carbocycles. The molecule has 3 aromatic carbocycles. The van der Waals surface area contributed by atoms with E-state index in [9.17, 15) is 22.8 Å². The molecule has 0 bridgehead atoms. The Balaban J connectivity index is 1.32. The van der Waals surface area contributed by atoms with Gasteiger partial charge in [-0.15, -0.1) is 0 Å². The molecule has 5 rings (SSSR count). The lowest BCUT2D eigenvalue weighted by Gasteiger charge is -2.34. The summed E-state index contributed by atoms with van der Waals surface area (Å²) in [4.78, 5) is 29.7. The van der Waals surface area contributed by atoms with Crippen molar-refractivity contribution in [3.63, 3.8) is 0 Å². The number of nitrogens with zero attached hydrogens (tertiary/aromatic N) is 3. The number of benzene rings is 3. The summed E-state index contributed by atoms with van der Waals surface area (Å²) in [5, 5.41) is 2.54. The van der Waals surface area contributed by atoms with Gasteiger partial charge >= 0.3 is 12.2 Å². The topological polar surface area (TPSA) is 66.8 Å². The first-order valence-corrected chi connectivity index (χ1v) is 13.1. The highest BCUT2D eigenvalue weighted by Gasteiger charge is 2.31. The summed E-state index contributed by atoms with van der Waals surface area (Å²) < 4.78 is 46.4. The Kier molecular flexibility index (Phi) is 7.74. The third-order valence-electron chi connectivity index (χ3n) is 7.17. The second-order valence-electron chi connectivity index (χ2n) is 9.72. The normalized spacial score (nSPS) is 13.7. The quantitative estimate of drug-likeness (QED) is 0.303. The summed E-state index contributed by atoms with van der Waals surface area (Å²) in [6.45, 7) is 3.00. The van der Waals surface area contributed by atoms with Gasteiger partial charge in [0.1, 0.15) is 5.75 Å². The lowest BCUT2D eigenvalue weighted by atomic mass is 10.1. The monoisotopic (exact) mass is 562 g/mol. The Labute approximate surface area is 235 Å². The first-order valence-electron chi connectivity index (χ1n) is 13.1. The summed E-state index contributed by atoms with van der Waals surface area (Å²) in [6.07, 6.45) is -4.50. The highest BCUT2D eigenvalue weighted by atomic mass is 19.4. The number of halogens is 3. The van der Waals surface area contributed by atoms with Gasteiger partial charge in [0, 0.05) is 43.2 Å². The Morgan fingerprint density at radius 1 is 0.829 bits per heavy atom. The van der Waals surface area contributed by atoms with Crippen LogP contribution in [0.15, 0.2) is 84.9 Å². The number of methoxy groups -OCH3 is 1. The molecule has 0 spiro atoms. The number of urea groups is 1. The predicted molar refractivity (Wildman–Crippen MR) is 150 cm³/mol. The molecule has 4 aromatic rings. The maximum Gasteiger partial charge on any atom is 0.416 e. The maximum absolute atomic E-state index is 13.7. The van der Waals surface area contributed by atoms with Crippen LogP contribution in [0.2, 0.25) is 0 Å². The number of amides is 3. The molecule has 1 aromatic heterocycles. The van der Waals surface area contributed by atoms with Gasteiger partial charge in [0.2, 0.25) is 0 Å². The molecule has 10 heteroatoms. The van der Waals surface area contributed by atoms with E-state index < -0.39 is 17.8 Å². The molecule has 7 nitrogen and oxygen atoms in total. The highest BCUT2D eigenvalue weighted by molar-refractivity contribution is 5.97. The number of aromatic nitrogens is 1. The van der Waals surface area contributed by atoms with Gasteiger partial charge in [-0.05, 0) is 73.2 Å². The fourth-order valence-corrected chi connectivity index (χ4v) is 4.97. The molecule has 0 unspecified atom stereocenters. The number of anilines is 1. The first-order chi connectivity index (χ1) is 19.7. The van der Waals surface area contributed by atoms with Crippen LogP contribution >= 0.6 is 0 Å². The fraction of sp³-hybridized carbons (Fsp3) is 0.226. The SMILES string of the molecule is COc1ccc(-c2cc(C(=O)N3CCN(C(=O)Nc4cccc(C(F)(F)F)c4)CC3)c(C)n2-c2ccccc2)cc1. The van der Waals surface area contributed by atoms with Crippen LogP contribution in [0.5, 0.6) is 5.75 Å². The standard InChI is InChI=1S/C31H29F3N4O3/c1-21-27(20-28(22-11-13-26(41-2)14-12-22)38(21)25-9-4-3-5-10-25)29(39)36-15-17-37(18-16-36)30(40)35-24-8-6-7-23(19-24)31(32,33)34/h3-14,19-20H,15-18H2,1-2H3,(H,35,40). The van der Waals surface area contributed by atoms with Gasteiger partial charge in [0.15, 0.2) is 0 Å². The van der Waals surface area contributed by atoms with E-state index in [4.69, 9.17) is 4.74 Å². The lowest BCUT2D eigenvalue weighted by molar-refractivity contribution is -0.137. The number of hydrogen-bond acceptors (Lipinski definition) is 3. The minimum Gasteiger partial charge on any atom is -0.497 e. The molecule has 1 aliphatic rings. The van der Waals surface area contributed by atoms with Crippen molar-refractivity contribution >= 4 is 17.6 Å². The van der Waals surface area contributed by atoms with Crippen LogP contribution in [0.1, 0.15) is 21.6 Å². The summed E-state index contributed by atoms with van der Waals surface area (Å²) in [7, 11) is 1.61. The average Bonchev–Trinajstić information content (AvgIpc) is 3.33. The number of para-hydroxylation sites is 1. The summed E-state index contributed by atoms with van der Waals surface area (Å²) in [5.41, 5.74) is 3.28. The van der Waals surface area contributed by atoms with Crippen LogP contribution in [0.3, 0.4) is 0 Å². The van der Waals surface area contributed by atoms with Gasteiger partial charge in [0.25, 0.3) is 5.91 Å². The third-order valence-corrected chi connectivity index (χ3v) is 7.17. The fourth-order valence-electron chi connectivity index (χ4n) is 4.97. The predicted octanol–water partition coefficient (Wildman–Crippen LogP) is 6.47. The van der Waals surface area contributed by atoms with Gasteiger partial charge in [-0.1, -0.05) is 24.3 Å². The number of ether oxygens (including phenoxy) is 1. The molecule has 212 valence electrons. The summed E-state index contributed by atoms with van der Waals surface area (Å²) in [6, 6.07) is 23.3. The van der Waals surface area contributed by atoms with Crippen LogP contribution in [-0.2, 0) is 6.18 Å². The Hall–Kier alpha value is -4.73. The molecule has 1 fully saturated rings. The first kappa shape index (κ1) is 27.8. The van der Waals surface area contributed by atoms with E-state index in [0.717, 1.165) is 40.5 Å². The Morgan fingerprint density at radius 2 is 1.49 bits per heavy atom. The number of carbonyl (C=O) groups is 2. The van der Waals surface area contributed by atoms with Crippen LogP contribution in [0, 0.1) is 6.92 Å². The van der Waals surface area contributed by atoms with Gasteiger partial charge < -0.3 is 24.4 Å². The number of piperazine rings is 1. The minimum absolute atomic E-state index is 0.0623. The molecule has 0 atom stereocenters. The van der Waals surface area contributed by atoms with Crippen molar-refractivity contribution in [1.29, 1.82) is 0 Å². The van der Waals surface area contributed by atoms with E-state index >= 15 is 0 Å². The van der Waals surface area contributed by atoms with Crippen LogP contribution in [0.4, 0.5) is 23.7 Å². The summed E-state index contributed by atoms with van der Waals surface area (Å²) >= 11 is 0. The second-order valence-corrected chi connectivity index (χ2v) is 9.72. The van der Waals surface area contributed by atoms with Crippen molar-refractivity contribution in [1.82, 2.24) is 14.4 Å². The van der Waals surface area contributed by atoms with E-state index in [-0.39, 0.29) is 24.7 Å². The largest absolute Gasteiger partial charge is 0.497 e. The number of carbonyl (C=O) groups excluding carboxylic acids is 2. The van der Waals surface area contributed by atoms with E-state index in [1.807, 2.05) is 72.2 Å². The van der Waals surface area contributed by atoms with Gasteiger partial charge in [-0.25, -0.2) is 4.79 Å². The number of alkyl halides is 3. The molecule has 1 N–H and O–H groups in total. The van der Waals surface area contributed by atoms with Crippen molar-refractivity contribution in [2.24, 2.45) is 0 Å². The third kappa shape index (κ3) is 5.91. The zero-order valence-electron chi connectivity index (χ0n) is 22.6. The average molecular weight is 563 g/mol. The molecule has 2 heterocycles. The molecule has 1 saturated heterocycles. The second kappa shape index (κ2) is 11.4. The van der Waals surface area contributed by atoms with Crippen molar-refractivity contribution in [3.8, 4) is 22.7 Å². The van der Waals surface area contributed by atoms with Crippen LogP contribution < -0.4 is 10.1 Å². The zero-order valence-corrected chi connectivity index (χ0v) is 22.6. The van der Waals surface area contributed by atoms with Crippen molar-refractivity contribution < 1.29 is 27.5 Å². The number of hydrogen-bond donors (Lipinski definition) is 1. The molecule has 41 heavy (non-hydrogen) atoms. The smallest absolute Gasteiger partial charge is 0.416 e. The summed E-state index contributed by atoms with van der Waals surface area (Å²) in [5.74, 6) is 0.583.